The van der Waals surface area contributed by atoms with Crippen molar-refractivity contribution in [3.8, 4) is 10.6 Å². The Hall–Kier alpha value is -0.900. The largest absolute Gasteiger partial charge is 0.330 e. The first-order valence-electron chi connectivity index (χ1n) is 5.69. The molecule has 0 saturated heterocycles. The highest BCUT2D eigenvalue weighted by molar-refractivity contribution is 7.19. The highest BCUT2D eigenvalue weighted by atomic mass is 35.5. The van der Waals surface area contributed by atoms with Gasteiger partial charge in [0.25, 0.3) is 0 Å². The van der Waals surface area contributed by atoms with Crippen LogP contribution in [0.4, 0.5) is 0 Å². The Balaban J connectivity index is 2.29. The highest BCUT2D eigenvalue weighted by Crippen LogP contribution is 2.31. The van der Waals surface area contributed by atoms with Crippen LogP contribution in [0.15, 0.2) is 24.3 Å². The summed E-state index contributed by atoms with van der Waals surface area (Å²) in [6, 6.07) is 8.46. The smallest absolute Gasteiger partial charge is 0.125 e. The molecule has 1 aromatic heterocycles. The maximum atomic E-state index is 6.13. The number of hydrogen-bond acceptors (Lipinski definition) is 3. The molecule has 0 spiro atoms. The van der Waals surface area contributed by atoms with E-state index in [4.69, 9.17) is 17.3 Å². The molecule has 2 aromatic rings. The van der Waals surface area contributed by atoms with Crippen LogP contribution in [-0.2, 0) is 12.8 Å². The van der Waals surface area contributed by atoms with Gasteiger partial charge in [-0.1, -0.05) is 42.8 Å². The first-order chi connectivity index (χ1) is 8.24. The molecule has 2 nitrogen and oxygen atoms in total. The van der Waals surface area contributed by atoms with E-state index in [0.29, 0.717) is 6.54 Å². The Morgan fingerprint density at radius 3 is 2.59 bits per heavy atom. The monoisotopic (exact) mass is 266 g/mol. The van der Waals surface area contributed by atoms with Crippen LogP contribution in [-0.4, -0.2) is 11.5 Å². The van der Waals surface area contributed by atoms with E-state index in [1.54, 1.807) is 0 Å². The van der Waals surface area contributed by atoms with E-state index in [1.165, 1.54) is 16.9 Å². The minimum atomic E-state index is 0.581. The summed E-state index contributed by atoms with van der Waals surface area (Å²) in [5.41, 5.74) is 8.89. The second kappa shape index (κ2) is 5.63. The van der Waals surface area contributed by atoms with E-state index < -0.39 is 0 Å². The number of nitrogens with zero attached hydrogens (tertiary/aromatic N) is 1. The molecule has 0 saturated carbocycles. The van der Waals surface area contributed by atoms with Crippen molar-refractivity contribution < 1.29 is 0 Å². The van der Waals surface area contributed by atoms with E-state index in [-0.39, 0.29) is 0 Å². The maximum Gasteiger partial charge on any atom is 0.125 e. The molecule has 0 amide bonds. The number of aryl methyl sites for hydroxylation is 1. The fraction of sp³-hybridized carbons (Fsp3) is 0.308. The molecule has 1 heterocycles. The van der Waals surface area contributed by atoms with E-state index in [0.717, 1.165) is 33.4 Å². The van der Waals surface area contributed by atoms with Crippen LogP contribution in [0.1, 0.15) is 18.2 Å². The first kappa shape index (κ1) is 12.6. The van der Waals surface area contributed by atoms with E-state index in [1.807, 2.05) is 0 Å². The van der Waals surface area contributed by atoms with Crippen LogP contribution in [0.3, 0.4) is 0 Å². The van der Waals surface area contributed by atoms with Crippen LogP contribution >= 0.6 is 22.9 Å². The number of hydrogen-bond donors (Lipinski definition) is 1. The fourth-order valence-electron chi connectivity index (χ4n) is 1.63. The maximum absolute atomic E-state index is 6.13. The zero-order valence-electron chi connectivity index (χ0n) is 9.74. The molecule has 2 rings (SSSR count). The summed E-state index contributed by atoms with van der Waals surface area (Å²) in [6.45, 7) is 2.73. The van der Waals surface area contributed by atoms with Crippen molar-refractivity contribution in [2.75, 3.05) is 6.54 Å². The topological polar surface area (TPSA) is 38.9 Å². The van der Waals surface area contributed by atoms with Crippen LogP contribution in [0.2, 0.25) is 4.34 Å². The second-order valence-electron chi connectivity index (χ2n) is 3.83. The molecule has 1 aromatic carbocycles. The van der Waals surface area contributed by atoms with Gasteiger partial charge in [-0.3, -0.25) is 0 Å². The molecule has 0 radical (unpaired) electrons. The Morgan fingerprint density at radius 1 is 1.29 bits per heavy atom. The quantitative estimate of drug-likeness (QED) is 0.920. The summed E-state index contributed by atoms with van der Waals surface area (Å²) < 4.78 is 0.755. The Kier molecular flexibility index (Phi) is 4.15. The molecule has 0 atom stereocenters. The zero-order valence-corrected chi connectivity index (χ0v) is 11.3. The summed E-state index contributed by atoms with van der Waals surface area (Å²) >= 11 is 7.65. The SMILES string of the molecule is CCc1ccc(-c2nc(CCN)c(Cl)s2)cc1. The Bertz CT molecular complexity index is 491. The Labute approximate surface area is 110 Å². The number of thiazole rings is 1. The third-order valence-corrected chi connectivity index (χ3v) is 4.02. The van der Waals surface area contributed by atoms with Crippen LogP contribution in [0.25, 0.3) is 10.6 Å². The standard InChI is InChI=1S/C13H15ClN2S/c1-2-9-3-5-10(6-4-9)13-16-11(7-8-15)12(14)17-13/h3-6H,2,7-8,15H2,1H3. The van der Waals surface area contributed by atoms with Crippen molar-refractivity contribution in [2.45, 2.75) is 19.8 Å². The number of aromatic nitrogens is 1. The molecule has 17 heavy (non-hydrogen) atoms. The van der Waals surface area contributed by atoms with Gasteiger partial charge in [0.15, 0.2) is 0 Å². The first-order valence-corrected chi connectivity index (χ1v) is 6.88. The zero-order chi connectivity index (χ0) is 12.3. The van der Waals surface area contributed by atoms with Crippen LogP contribution in [0, 0.1) is 0 Å². The average molecular weight is 267 g/mol. The van der Waals surface area contributed by atoms with Gasteiger partial charge in [-0.2, -0.15) is 0 Å². The lowest BCUT2D eigenvalue weighted by atomic mass is 10.1. The molecule has 0 fully saturated rings. The molecular formula is C13H15ClN2S. The van der Waals surface area contributed by atoms with Gasteiger partial charge in [-0.15, -0.1) is 11.3 Å². The van der Waals surface area contributed by atoms with Crippen molar-refractivity contribution in [3.05, 3.63) is 39.9 Å². The normalized spacial score (nSPS) is 10.8. The van der Waals surface area contributed by atoms with Gasteiger partial charge in [-0.25, -0.2) is 4.98 Å². The highest BCUT2D eigenvalue weighted by Gasteiger charge is 2.10. The van der Waals surface area contributed by atoms with Crippen molar-refractivity contribution in [1.29, 1.82) is 0 Å². The summed E-state index contributed by atoms with van der Waals surface area (Å²) in [5, 5.41) is 0.973. The van der Waals surface area contributed by atoms with Gasteiger partial charge in [0.2, 0.25) is 0 Å². The fourth-order valence-corrected chi connectivity index (χ4v) is 2.83. The summed E-state index contributed by atoms with van der Waals surface area (Å²) in [5.74, 6) is 0. The predicted octanol–water partition coefficient (Wildman–Crippen LogP) is 3.53. The average Bonchev–Trinajstić information content (AvgIpc) is 2.72. The van der Waals surface area contributed by atoms with Crippen LogP contribution < -0.4 is 5.73 Å². The van der Waals surface area contributed by atoms with Crippen molar-refractivity contribution in [3.63, 3.8) is 0 Å². The van der Waals surface area contributed by atoms with Gasteiger partial charge in [0.1, 0.15) is 9.34 Å². The van der Waals surface area contributed by atoms with Gasteiger partial charge >= 0.3 is 0 Å². The lowest BCUT2D eigenvalue weighted by molar-refractivity contribution is 0.936. The lowest BCUT2D eigenvalue weighted by Gasteiger charge is -1.98. The summed E-state index contributed by atoms with van der Waals surface area (Å²) in [7, 11) is 0. The second-order valence-corrected chi connectivity index (χ2v) is 5.43. The summed E-state index contributed by atoms with van der Waals surface area (Å²) in [6.07, 6.45) is 1.79. The third-order valence-electron chi connectivity index (χ3n) is 2.64. The van der Waals surface area contributed by atoms with Gasteiger partial charge in [0.05, 0.1) is 5.69 Å². The molecule has 0 aliphatic heterocycles. The Morgan fingerprint density at radius 2 is 2.00 bits per heavy atom. The summed E-state index contributed by atoms with van der Waals surface area (Å²) in [4.78, 5) is 4.53. The minimum Gasteiger partial charge on any atom is -0.330 e. The number of rotatable bonds is 4. The van der Waals surface area contributed by atoms with Gasteiger partial charge in [-0.05, 0) is 18.5 Å². The van der Waals surface area contributed by atoms with E-state index >= 15 is 0 Å². The minimum absolute atomic E-state index is 0.581. The molecule has 0 bridgehead atoms. The molecule has 0 unspecified atom stereocenters. The van der Waals surface area contributed by atoms with Gasteiger partial charge in [0, 0.05) is 12.0 Å². The molecular weight excluding hydrogens is 252 g/mol. The predicted molar refractivity (Wildman–Crippen MR) is 74.7 cm³/mol. The number of nitrogens with two attached hydrogens (primary N) is 1. The third kappa shape index (κ3) is 2.86. The molecule has 0 aliphatic carbocycles. The molecule has 0 aliphatic rings. The lowest BCUT2D eigenvalue weighted by Crippen LogP contribution is -2.03. The van der Waals surface area contributed by atoms with E-state index in [2.05, 4.69) is 36.2 Å². The molecule has 4 heteroatoms. The molecule has 2 N–H and O–H groups in total. The molecule has 90 valence electrons. The van der Waals surface area contributed by atoms with Crippen molar-refractivity contribution >= 4 is 22.9 Å². The van der Waals surface area contributed by atoms with Crippen LogP contribution in [0.5, 0.6) is 0 Å². The number of benzene rings is 1. The van der Waals surface area contributed by atoms with Crippen molar-refractivity contribution in [2.24, 2.45) is 5.73 Å². The van der Waals surface area contributed by atoms with Crippen molar-refractivity contribution in [1.82, 2.24) is 4.98 Å². The van der Waals surface area contributed by atoms with E-state index in [9.17, 15) is 0 Å². The number of halogens is 1. The van der Waals surface area contributed by atoms with Gasteiger partial charge < -0.3 is 5.73 Å².